The molecule has 1 saturated carbocycles. The summed E-state index contributed by atoms with van der Waals surface area (Å²) in [5, 5.41) is 12.8. The SMILES string of the molecule is CC1CCC2(CC1)NC(=O)C(C#N)=C(S)N2c1ccccc1. The molecule has 1 aliphatic heterocycles. The van der Waals surface area contributed by atoms with Gasteiger partial charge in [-0.15, -0.1) is 12.6 Å². The molecule has 22 heavy (non-hydrogen) atoms. The first kappa shape index (κ1) is 15.0. The summed E-state index contributed by atoms with van der Waals surface area (Å²) < 4.78 is 0. The number of para-hydroxylation sites is 1. The van der Waals surface area contributed by atoms with E-state index in [1.165, 1.54) is 0 Å². The van der Waals surface area contributed by atoms with Crippen LogP contribution < -0.4 is 10.2 Å². The highest BCUT2D eigenvalue weighted by Gasteiger charge is 2.46. The topological polar surface area (TPSA) is 56.1 Å². The zero-order valence-corrected chi connectivity index (χ0v) is 13.4. The van der Waals surface area contributed by atoms with Crippen molar-refractivity contribution in [2.45, 2.75) is 38.3 Å². The number of carbonyl (C=O) groups excluding carboxylic acids is 1. The Hall–Kier alpha value is -1.93. The van der Waals surface area contributed by atoms with E-state index >= 15 is 0 Å². The molecule has 1 fully saturated rings. The minimum absolute atomic E-state index is 0.0800. The number of rotatable bonds is 1. The molecule has 4 nitrogen and oxygen atoms in total. The van der Waals surface area contributed by atoms with Gasteiger partial charge < -0.3 is 10.2 Å². The Kier molecular flexibility index (Phi) is 3.88. The molecule has 2 aliphatic rings. The quantitative estimate of drug-likeness (QED) is 0.783. The standard InChI is InChI=1S/C17H19N3OS/c1-12-7-9-17(10-8-12)19-15(21)14(11-18)16(22)20(17)13-5-3-2-4-6-13/h2-6,12,22H,7-10H2,1H3,(H,19,21). The Labute approximate surface area is 136 Å². The average Bonchev–Trinajstić information content (AvgIpc) is 2.51. The van der Waals surface area contributed by atoms with Gasteiger partial charge in [-0.3, -0.25) is 4.79 Å². The Morgan fingerprint density at radius 1 is 1.32 bits per heavy atom. The number of hydrogen-bond donors (Lipinski definition) is 2. The summed E-state index contributed by atoms with van der Waals surface area (Å²) in [6.07, 6.45) is 3.81. The molecule has 0 unspecified atom stereocenters. The van der Waals surface area contributed by atoms with E-state index in [-0.39, 0.29) is 11.5 Å². The van der Waals surface area contributed by atoms with Gasteiger partial charge in [0.1, 0.15) is 17.3 Å². The fourth-order valence-electron chi connectivity index (χ4n) is 3.38. The molecule has 0 bridgehead atoms. The number of nitriles is 1. The van der Waals surface area contributed by atoms with Gasteiger partial charge in [0.15, 0.2) is 0 Å². The van der Waals surface area contributed by atoms with Crippen LogP contribution in [0.25, 0.3) is 0 Å². The third kappa shape index (κ3) is 2.38. The molecular weight excluding hydrogens is 294 g/mol. The van der Waals surface area contributed by atoms with Gasteiger partial charge in [-0.2, -0.15) is 5.26 Å². The van der Waals surface area contributed by atoms with Crippen molar-refractivity contribution in [1.29, 1.82) is 5.26 Å². The van der Waals surface area contributed by atoms with Crippen LogP contribution in [0.15, 0.2) is 40.9 Å². The van der Waals surface area contributed by atoms with Crippen molar-refractivity contribution in [3.8, 4) is 6.07 Å². The van der Waals surface area contributed by atoms with Gasteiger partial charge in [0.05, 0.1) is 5.03 Å². The van der Waals surface area contributed by atoms with Gasteiger partial charge in [0.25, 0.3) is 5.91 Å². The van der Waals surface area contributed by atoms with Gasteiger partial charge in [-0.1, -0.05) is 25.1 Å². The van der Waals surface area contributed by atoms with E-state index in [2.05, 4.69) is 24.9 Å². The Balaban J connectivity index is 2.11. The second kappa shape index (κ2) is 5.69. The van der Waals surface area contributed by atoms with Crippen molar-refractivity contribution in [1.82, 2.24) is 5.32 Å². The van der Waals surface area contributed by atoms with Crippen LogP contribution in [0.1, 0.15) is 32.6 Å². The number of anilines is 1. The molecule has 0 atom stereocenters. The van der Waals surface area contributed by atoms with E-state index in [1.807, 2.05) is 41.3 Å². The van der Waals surface area contributed by atoms with Gasteiger partial charge in [-0.05, 0) is 43.7 Å². The van der Waals surface area contributed by atoms with E-state index in [4.69, 9.17) is 0 Å². The molecular formula is C17H19N3OS. The van der Waals surface area contributed by atoms with Crippen LogP contribution in [0, 0.1) is 17.2 Å². The second-order valence-corrected chi connectivity index (χ2v) is 6.57. The maximum Gasteiger partial charge on any atom is 0.266 e. The highest BCUT2D eigenvalue weighted by molar-refractivity contribution is 7.84. The third-order valence-corrected chi connectivity index (χ3v) is 5.09. The lowest BCUT2D eigenvalue weighted by atomic mass is 9.80. The van der Waals surface area contributed by atoms with Crippen molar-refractivity contribution in [2.24, 2.45) is 5.92 Å². The minimum Gasteiger partial charge on any atom is -0.328 e. The Morgan fingerprint density at radius 2 is 1.95 bits per heavy atom. The Bertz CT molecular complexity index is 654. The van der Waals surface area contributed by atoms with Crippen LogP contribution in [-0.2, 0) is 4.79 Å². The van der Waals surface area contributed by atoms with Crippen molar-refractivity contribution in [3.63, 3.8) is 0 Å². The number of amides is 1. The normalized spacial score (nSPS) is 28.5. The number of nitrogens with one attached hydrogen (secondary N) is 1. The van der Waals surface area contributed by atoms with Gasteiger partial charge in [0.2, 0.25) is 0 Å². The summed E-state index contributed by atoms with van der Waals surface area (Å²) in [5.41, 5.74) is 0.564. The van der Waals surface area contributed by atoms with Gasteiger partial charge in [0, 0.05) is 5.69 Å². The third-order valence-electron chi connectivity index (χ3n) is 4.66. The molecule has 5 heteroatoms. The Morgan fingerprint density at radius 3 is 2.55 bits per heavy atom. The molecule has 1 N–H and O–H groups in total. The lowest BCUT2D eigenvalue weighted by Gasteiger charge is -2.51. The molecule has 1 aliphatic carbocycles. The predicted molar refractivity (Wildman–Crippen MR) is 89.1 cm³/mol. The summed E-state index contributed by atoms with van der Waals surface area (Å²) in [7, 11) is 0. The van der Waals surface area contributed by atoms with Crippen molar-refractivity contribution in [2.75, 3.05) is 4.90 Å². The number of benzene rings is 1. The summed E-state index contributed by atoms with van der Waals surface area (Å²) in [6.45, 7) is 2.24. The van der Waals surface area contributed by atoms with Crippen LogP contribution in [0.3, 0.4) is 0 Å². The maximum absolute atomic E-state index is 12.3. The lowest BCUT2D eigenvalue weighted by Crippen LogP contribution is -2.64. The van der Waals surface area contributed by atoms with E-state index in [0.29, 0.717) is 10.9 Å². The molecule has 1 heterocycles. The van der Waals surface area contributed by atoms with E-state index < -0.39 is 5.66 Å². The summed E-state index contributed by atoms with van der Waals surface area (Å²) >= 11 is 4.53. The highest BCUT2D eigenvalue weighted by Crippen LogP contribution is 2.42. The smallest absolute Gasteiger partial charge is 0.266 e. The molecule has 1 aromatic rings. The van der Waals surface area contributed by atoms with Crippen LogP contribution in [0.2, 0.25) is 0 Å². The van der Waals surface area contributed by atoms with E-state index in [9.17, 15) is 10.1 Å². The average molecular weight is 313 g/mol. The largest absolute Gasteiger partial charge is 0.328 e. The summed E-state index contributed by atoms with van der Waals surface area (Å²) in [6, 6.07) is 11.8. The zero-order valence-electron chi connectivity index (χ0n) is 12.5. The molecule has 0 aromatic heterocycles. The summed E-state index contributed by atoms with van der Waals surface area (Å²) in [5.74, 6) is 0.346. The van der Waals surface area contributed by atoms with E-state index in [0.717, 1.165) is 31.4 Å². The fraction of sp³-hybridized carbons (Fsp3) is 0.412. The molecule has 0 saturated heterocycles. The predicted octanol–water partition coefficient (Wildman–Crippen LogP) is 3.19. The molecule has 1 amide bonds. The fourth-order valence-corrected chi connectivity index (χ4v) is 3.84. The van der Waals surface area contributed by atoms with E-state index in [1.54, 1.807) is 0 Å². The van der Waals surface area contributed by atoms with Crippen LogP contribution in [-0.4, -0.2) is 11.6 Å². The molecule has 1 aromatic carbocycles. The van der Waals surface area contributed by atoms with Crippen molar-refractivity contribution < 1.29 is 4.79 Å². The number of carbonyl (C=O) groups is 1. The first-order chi connectivity index (χ1) is 10.6. The van der Waals surface area contributed by atoms with Crippen LogP contribution >= 0.6 is 12.6 Å². The van der Waals surface area contributed by atoms with Crippen molar-refractivity contribution in [3.05, 3.63) is 40.9 Å². The van der Waals surface area contributed by atoms with Gasteiger partial charge in [-0.25, -0.2) is 0 Å². The van der Waals surface area contributed by atoms with Crippen LogP contribution in [0.5, 0.6) is 0 Å². The summed E-state index contributed by atoms with van der Waals surface area (Å²) in [4.78, 5) is 14.3. The van der Waals surface area contributed by atoms with Gasteiger partial charge >= 0.3 is 0 Å². The zero-order chi connectivity index (χ0) is 15.7. The lowest BCUT2D eigenvalue weighted by molar-refractivity contribution is -0.120. The first-order valence-electron chi connectivity index (χ1n) is 7.58. The molecule has 0 radical (unpaired) electrons. The molecule has 1 spiro atoms. The minimum atomic E-state index is -0.470. The number of thiol groups is 1. The molecule has 114 valence electrons. The second-order valence-electron chi connectivity index (χ2n) is 6.15. The maximum atomic E-state index is 12.3. The van der Waals surface area contributed by atoms with Crippen LogP contribution in [0.4, 0.5) is 5.69 Å². The highest BCUT2D eigenvalue weighted by atomic mass is 32.1. The number of nitrogens with zero attached hydrogens (tertiary/aromatic N) is 2. The first-order valence-corrected chi connectivity index (χ1v) is 8.03. The van der Waals surface area contributed by atoms with Crippen molar-refractivity contribution >= 4 is 24.2 Å². The monoisotopic (exact) mass is 313 g/mol. The molecule has 3 rings (SSSR count). The number of hydrogen-bond acceptors (Lipinski definition) is 4.